The van der Waals surface area contributed by atoms with E-state index in [1.54, 1.807) is 11.3 Å². The number of hydrogen-bond donors (Lipinski definition) is 1. The van der Waals surface area contributed by atoms with Crippen molar-refractivity contribution < 1.29 is 4.79 Å². The fraction of sp³-hybridized carbons (Fsp3) is 0.393. The van der Waals surface area contributed by atoms with Gasteiger partial charge in [-0.1, -0.05) is 48.3 Å². The molecule has 178 valence electrons. The second-order valence-corrected chi connectivity index (χ2v) is 12.4. The number of carbonyl (C=O) groups excluding carboxylic acids is 1. The van der Waals surface area contributed by atoms with Gasteiger partial charge in [0.25, 0.3) is 0 Å². The van der Waals surface area contributed by atoms with E-state index in [-0.39, 0.29) is 11.2 Å². The van der Waals surface area contributed by atoms with Crippen molar-refractivity contribution in [1.29, 1.82) is 10.5 Å². The number of thiophene rings is 1. The number of nitrogens with zero attached hydrogens (tertiary/aromatic N) is 3. The van der Waals surface area contributed by atoms with Crippen LogP contribution < -0.4 is 10.6 Å². The molecule has 1 aromatic heterocycles. The van der Waals surface area contributed by atoms with Crippen molar-refractivity contribution >= 4 is 38.1 Å². The van der Waals surface area contributed by atoms with E-state index >= 15 is 0 Å². The summed E-state index contributed by atoms with van der Waals surface area (Å²) < 4.78 is 0.929. The number of Topliss-reactive ketones (excluding diaryl/α,β-unsaturated/α-hetero) is 1. The highest BCUT2D eigenvalue weighted by Crippen LogP contribution is 2.52. The number of anilines is 1. The monoisotopic (exact) mass is 546 g/mol. The molecular formula is C28H27BrN4OS. The molecule has 1 atom stereocenters. The first-order valence-corrected chi connectivity index (χ1v) is 13.6. The summed E-state index contributed by atoms with van der Waals surface area (Å²) in [6, 6.07) is 12.5. The second-order valence-electron chi connectivity index (χ2n) is 10.4. The van der Waals surface area contributed by atoms with E-state index in [1.165, 1.54) is 11.3 Å². The van der Waals surface area contributed by atoms with Crippen molar-refractivity contribution in [3.63, 3.8) is 0 Å². The van der Waals surface area contributed by atoms with Gasteiger partial charge in [-0.2, -0.15) is 10.5 Å². The number of benzene rings is 1. The molecule has 0 fully saturated rings. The number of nitrogens with two attached hydrogens (primary N) is 1. The molecule has 0 saturated heterocycles. The molecule has 0 unspecified atom stereocenters. The standard InChI is InChI=1S/C28H27BrN4OS/c1-28(2)12-21-25(22(34)13-28)24(16-8-10-17(29)11-9-16)20(15-31)26(32)33(21)27-19(14-30)18-6-4-3-5-7-23(18)35-27/h8-11,24H,3-7,12-13,32H2,1-2H3/t24-/m1/s1. The quantitative estimate of drug-likeness (QED) is 0.428. The third-order valence-corrected chi connectivity index (χ3v) is 9.11. The Labute approximate surface area is 218 Å². The fourth-order valence-corrected chi connectivity index (χ4v) is 7.37. The van der Waals surface area contributed by atoms with Crippen LogP contribution in [0.1, 0.15) is 73.4 Å². The molecule has 1 aromatic carbocycles. The van der Waals surface area contributed by atoms with Crippen LogP contribution in [0.15, 0.2) is 51.4 Å². The molecule has 35 heavy (non-hydrogen) atoms. The Balaban J connectivity index is 1.78. The Morgan fingerprint density at radius 3 is 2.49 bits per heavy atom. The molecule has 3 aliphatic rings. The average molecular weight is 548 g/mol. The molecule has 5 nitrogen and oxygen atoms in total. The zero-order valence-corrected chi connectivity index (χ0v) is 22.4. The summed E-state index contributed by atoms with van der Waals surface area (Å²) in [6.07, 6.45) is 6.24. The van der Waals surface area contributed by atoms with Crippen LogP contribution in [0.3, 0.4) is 0 Å². The highest BCUT2D eigenvalue weighted by molar-refractivity contribution is 9.10. The van der Waals surface area contributed by atoms with Gasteiger partial charge >= 0.3 is 0 Å². The van der Waals surface area contributed by atoms with E-state index in [0.29, 0.717) is 35.4 Å². The van der Waals surface area contributed by atoms with Crippen LogP contribution in [-0.4, -0.2) is 5.78 Å². The third-order valence-electron chi connectivity index (χ3n) is 7.30. The summed E-state index contributed by atoms with van der Waals surface area (Å²) in [4.78, 5) is 16.8. The Hall–Kier alpha value is -2.87. The molecule has 2 heterocycles. The summed E-state index contributed by atoms with van der Waals surface area (Å²) in [7, 11) is 0. The fourth-order valence-electron chi connectivity index (χ4n) is 5.73. The van der Waals surface area contributed by atoms with Crippen LogP contribution in [0, 0.1) is 28.1 Å². The molecule has 0 radical (unpaired) electrons. The van der Waals surface area contributed by atoms with Crippen molar-refractivity contribution in [2.24, 2.45) is 11.1 Å². The van der Waals surface area contributed by atoms with Gasteiger partial charge in [-0.25, -0.2) is 0 Å². The molecule has 0 saturated carbocycles. The molecule has 0 bridgehead atoms. The topological polar surface area (TPSA) is 93.9 Å². The van der Waals surface area contributed by atoms with Gasteiger partial charge in [-0.05, 0) is 60.8 Å². The van der Waals surface area contributed by atoms with E-state index in [9.17, 15) is 15.3 Å². The third kappa shape index (κ3) is 4.01. The van der Waals surface area contributed by atoms with Gasteiger partial charge in [-0.15, -0.1) is 11.3 Å². The Morgan fingerprint density at radius 2 is 1.80 bits per heavy atom. The first-order chi connectivity index (χ1) is 16.8. The Bertz CT molecular complexity index is 1370. The van der Waals surface area contributed by atoms with Gasteiger partial charge in [0.1, 0.15) is 16.9 Å². The largest absolute Gasteiger partial charge is 0.384 e. The lowest BCUT2D eigenvalue weighted by atomic mass is 9.68. The number of carbonyl (C=O) groups is 1. The normalized spacial score (nSPS) is 21.7. The first kappa shape index (κ1) is 23.9. The maximum Gasteiger partial charge on any atom is 0.162 e. The SMILES string of the molecule is CC1(C)CC(=O)C2=C(C1)N(c1sc3c(c1C#N)CCCCC3)C(N)=C(C#N)[C@H]2c1ccc(Br)cc1. The van der Waals surface area contributed by atoms with E-state index in [2.05, 4.69) is 41.9 Å². The van der Waals surface area contributed by atoms with E-state index in [1.807, 2.05) is 29.2 Å². The Kier molecular flexibility index (Phi) is 6.11. The van der Waals surface area contributed by atoms with E-state index in [4.69, 9.17) is 5.73 Å². The molecule has 0 spiro atoms. The summed E-state index contributed by atoms with van der Waals surface area (Å²) in [6.45, 7) is 4.19. The highest BCUT2D eigenvalue weighted by Gasteiger charge is 2.45. The summed E-state index contributed by atoms with van der Waals surface area (Å²) >= 11 is 5.09. The van der Waals surface area contributed by atoms with Crippen molar-refractivity contribution in [1.82, 2.24) is 0 Å². The second kappa shape index (κ2) is 8.97. The molecule has 1 aliphatic heterocycles. The van der Waals surface area contributed by atoms with Gasteiger partial charge < -0.3 is 5.73 Å². The maximum absolute atomic E-state index is 13.7. The van der Waals surface area contributed by atoms with Gasteiger partial charge in [-0.3, -0.25) is 9.69 Å². The number of allylic oxidation sites excluding steroid dienone is 3. The molecule has 0 amide bonds. The maximum atomic E-state index is 13.7. The summed E-state index contributed by atoms with van der Waals surface area (Å²) in [5.41, 5.74) is 11.0. The van der Waals surface area contributed by atoms with Gasteiger partial charge in [0.05, 0.1) is 23.1 Å². The van der Waals surface area contributed by atoms with Gasteiger partial charge in [0.2, 0.25) is 0 Å². The predicted molar refractivity (Wildman–Crippen MR) is 142 cm³/mol. The average Bonchev–Trinajstić information content (AvgIpc) is 2.98. The molecule has 2 N–H and O–H groups in total. The van der Waals surface area contributed by atoms with Crippen LogP contribution in [0.4, 0.5) is 5.00 Å². The number of ketones is 1. The number of fused-ring (bicyclic) bond motifs is 1. The van der Waals surface area contributed by atoms with Gasteiger partial charge in [0, 0.05) is 27.0 Å². The van der Waals surface area contributed by atoms with Crippen LogP contribution in [-0.2, 0) is 17.6 Å². The molecule has 7 heteroatoms. The zero-order chi connectivity index (χ0) is 24.9. The number of hydrogen-bond acceptors (Lipinski definition) is 6. The lowest BCUT2D eigenvalue weighted by Crippen LogP contribution is -2.42. The Morgan fingerprint density at radius 1 is 1.09 bits per heavy atom. The van der Waals surface area contributed by atoms with Crippen molar-refractivity contribution in [2.75, 3.05) is 4.90 Å². The van der Waals surface area contributed by atoms with Crippen LogP contribution in [0.25, 0.3) is 0 Å². The summed E-state index contributed by atoms with van der Waals surface area (Å²) in [5.74, 6) is -0.130. The zero-order valence-electron chi connectivity index (χ0n) is 19.9. The number of aryl methyl sites for hydroxylation is 1. The molecule has 2 aromatic rings. The first-order valence-electron chi connectivity index (χ1n) is 12.0. The molecular weight excluding hydrogens is 520 g/mol. The van der Waals surface area contributed by atoms with E-state index in [0.717, 1.165) is 52.0 Å². The van der Waals surface area contributed by atoms with Crippen molar-refractivity contribution in [3.05, 3.63) is 73.0 Å². The van der Waals surface area contributed by atoms with E-state index < -0.39 is 5.92 Å². The minimum absolute atomic E-state index is 0.0473. The van der Waals surface area contributed by atoms with Crippen LogP contribution >= 0.6 is 27.3 Å². The minimum Gasteiger partial charge on any atom is -0.384 e. The summed E-state index contributed by atoms with van der Waals surface area (Å²) in [5, 5.41) is 21.3. The molecule has 5 rings (SSSR count). The number of rotatable bonds is 2. The highest BCUT2D eigenvalue weighted by atomic mass is 79.9. The smallest absolute Gasteiger partial charge is 0.162 e. The van der Waals surface area contributed by atoms with Crippen molar-refractivity contribution in [2.45, 2.75) is 64.7 Å². The minimum atomic E-state index is -0.508. The van der Waals surface area contributed by atoms with Crippen LogP contribution in [0.5, 0.6) is 0 Å². The lowest BCUT2D eigenvalue weighted by molar-refractivity contribution is -0.118. The number of halogens is 1. The predicted octanol–water partition coefficient (Wildman–Crippen LogP) is 6.59. The van der Waals surface area contributed by atoms with Gasteiger partial charge in [0.15, 0.2) is 5.78 Å². The lowest BCUT2D eigenvalue weighted by Gasteiger charge is -2.43. The molecule has 2 aliphatic carbocycles. The van der Waals surface area contributed by atoms with Crippen molar-refractivity contribution in [3.8, 4) is 12.1 Å². The van der Waals surface area contributed by atoms with Crippen LogP contribution in [0.2, 0.25) is 0 Å². The number of nitriles is 2.